The first-order valence-electron chi connectivity index (χ1n) is 18.2. The highest BCUT2D eigenvalue weighted by molar-refractivity contribution is 6.74. The molecule has 49 heavy (non-hydrogen) atoms. The minimum atomic E-state index is -1.71. The SMILES string of the molecule is CCN(C(=O)c1cc(F)ccc1Oc1nncnc1N1CCC2(C1)CN(C(CCCN(C)CCO[Si](C)(C)C(C)(C)C)C(C)C)C2)C(C)C. The standard InChI is InChI=1S/C37H62FN7O3Si/c1-12-45(28(4)5)35(46)30-22-29(38)15-16-32(30)48-34-33(39-26-40-41-34)43-19-17-37(23-43)24-44(25-37)31(27(2)3)14-13-18-42(9)20-21-47-49(10,11)36(6,7)8/h15-16,22,26-28,31H,12-14,17-21,23-25H2,1-11H3. The largest absolute Gasteiger partial charge is 0.434 e. The lowest BCUT2D eigenvalue weighted by atomic mass is 9.76. The van der Waals surface area contributed by atoms with E-state index in [-0.39, 0.29) is 39.6 Å². The molecule has 0 bridgehead atoms. The molecule has 12 heteroatoms. The normalized spacial score (nSPS) is 17.3. The number of hydrogen-bond donors (Lipinski definition) is 0. The van der Waals surface area contributed by atoms with Crippen LogP contribution in [0.4, 0.5) is 10.2 Å². The summed E-state index contributed by atoms with van der Waals surface area (Å²) in [5, 5.41) is 8.50. The predicted octanol–water partition coefficient (Wildman–Crippen LogP) is 6.94. The monoisotopic (exact) mass is 699 g/mol. The van der Waals surface area contributed by atoms with Crippen molar-refractivity contribution in [3.8, 4) is 11.6 Å². The van der Waals surface area contributed by atoms with E-state index in [1.54, 1.807) is 4.90 Å². The van der Waals surface area contributed by atoms with Gasteiger partial charge in [0, 0.05) is 63.4 Å². The van der Waals surface area contributed by atoms with Gasteiger partial charge in [-0.05, 0) is 95.9 Å². The third-order valence-corrected chi connectivity index (χ3v) is 15.5. The minimum Gasteiger partial charge on any atom is -0.434 e. The van der Waals surface area contributed by atoms with E-state index in [0.29, 0.717) is 24.3 Å². The first kappa shape index (κ1) is 39.1. The zero-order chi connectivity index (χ0) is 36.1. The summed E-state index contributed by atoms with van der Waals surface area (Å²) in [6, 6.07) is 4.52. The molecule has 1 spiro atoms. The van der Waals surface area contributed by atoms with Crippen LogP contribution in [0.15, 0.2) is 24.5 Å². The van der Waals surface area contributed by atoms with E-state index < -0.39 is 14.1 Å². The van der Waals surface area contributed by atoms with Crippen LogP contribution in [-0.4, -0.2) is 116 Å². The highest BCUT2D eigenvalue weighted by atomic mass is 28.4. The maximum Gasteiger partial charge on any atom is 0.282 e. The summed E-state index contributed by atoms with van der Waals surface area (Å²) in [6.45, 7) is 29.2. The van der Waals surface area contributed by atoms with Gasteiger partial charge in [0.1, 0.15) is 17.9 Å². The molecule has 4 rings (SSSR count). The van der Waals surface area contributed by atoms with Crippen molar-refractivity contribution in [2.75, 3.05) is 64.4 Å². The lowest BCUT2D eigenvalue weighted by molar-refractivity contribution is -0.0344. The summed E-state index contributed by atoms with van der Waals surface area (Å²) < 4.78 is 27.0. The molecular weight excluding hydrogens is 638 g/mol. The highest BCUT2D eigenvalue weighted by Gasteiger charge is 2.50. The number of ether oxygens (including phenoxy) is 1. The molecule has 0 saturated carbocycles. The Morgan fingerprint density at radius 1 is 1.12 bits per heavy atom. The number of aromatic nitrogens is 3. The lowest BCUT2D eigenvalue weighted by Gasteiger charge is -2.53. The number of rotatable bonds is 16. The molecule has 2 aromatic rings. The van der Waals surface area contributed by atoms with Crippen molar-refractivity contribution < 1.29 is 18.3 Å². The van der Waals surface area contributed by atoms with E-state index in [1.165, 1.54) is 37.4 Å². The van der Waals surface area contributed by atoms with Crippen molar-refractivity contribution in [2.45, 2.75) is 105 Å². The first-order chi connectivity index (χ1) is 23.0. The molecule has 0 aliphatic carbocycles. The topological polar surface area (TPSA) is 87.2 Å². The Morgan fingerprint density at radius 3 is 2.47 bits per heavy atom. The first-order valence-corrected chi connectivity index (χ1v) is 21.2. The Kier molecular flexibility index (Phi) is 12.9. The molecule has 1 amide bonds. The van der Waals surface area contributed by atoms with E-state index in [4.69, 9.17) is 9.16 Å². The number of anilines is 1. The number of likely N-dealkylation sites (N-methyl/N-ethyl adjacent to an activating group) is 1. The van der Waals surface area contributed by atoms with Crippen LogP contribution in [-0.2, 0) is 4.43 Å². The van der Waals surface area contributed by atoms with Gasteiger partial charge in [0.15, 0.2) is 14.1 Å². The summed E-state index contributed by atoms with van der Waals surface area (Å²) in [5.74, 6) is 0.865. The zero-order valence-electron chi connectivity index (χ0n) is 32.1. The number of carbonyl (C=O) groups is 1. The second kappa shape index (κ2) is 16.1. The highest BCUT2D eigenvalue weighted by Crippen LogP contribution is 2.45. The fourth-order valence-electron chi connectivity index (χ4n) is 7.02. The minimum absolute atomic E-state index is 0.0423. The number of carbonyl (C=O) groups excluding carboxylic acids is 1. The smallest absolute Gasteiger partial charge is 0.282 e. The van der Waals surface area contributed by atoms with Gasteiger partial charge < -0.3 is 23.9 Å². The molecule has 1 aromatic heterocycles. The van der Waals surface area contributed by atoms with Gasteiger partial charge in [-0.2, -0.15) is 0 Å². The van der Waals surface area contributed by atoms with Crippen LogP contribution in [0.25, 0.3) is 0 Å². The van der Waals surface area contributed by atoms with Crippen LogP contribution in [0, 0.1) is 17.2 Å². The molecule has 274 valence electrons. The maximum absolute atomic E-state index is 14.3. The van der Waals surface area contributed by atoms with Crippen LogP contribution in [0.5, 0.6) is 11.6 Å². The Balaban J connectivity index is 1.33. The molecule has 0 N–H and O–H groups in total. The third kappa shape index (κ3) is 9.56. The Hall–Kier alpha value is -2.67. The summed E-state index contributed by atoms with van der Waals surface area (Å²) in [7, 11) is 0.504. The van der Waals surface area contributed by atoms with Gasteiger partial charge in [-0.25, -0.2) is 9.37 Å². The molecule has 0 radical (unpaired) electrons. The molecule has 10 nitrogen and oxygen atoms in total. The Bertz CT molecular complexity index is 1400. The fourth-order valence-corrected chi connectivity index (χ4v) is 8.05. The average Bonchev–Trinajstić information content (AvgIpc) is 3.45. The van der Waals surface area contributed by atoms with Gasteiger partial charge in [0.2, 0.25) is 0 Å². The van der Waals surface area contributed by atoms with Crippen LogP contribution >= 0.6 is 0 Å². The van der Waals surface area contributed by atoms with Crippen molar-refractivity contribution in [1.29, 1.82) is 0 Å². The van der Waals surface area contributed by atoms with E-state index in [2.05, 4.69) is 84.6 Å². The molecule has 3 heterocycles. The van der Waals surface area contributed by atoms with Gasteiger partial charge in [-0.3, -0.25) is 9.69 Å². The van der Waals surface area contributed by atoms with E-state index >= 15 is 0 Å². The molecule has 2 aliphatic heterocycles. The zero-order valence-corrected chi connectivity index (χ0v) is 33.1. The van der Waals surface area contributed by atoms with Crippen molar-refractivity contribution in [2.24, 2.45) is 11.3 Å². The van der Waals surface area contributed by atoms with E-state index in [9.17, 15) is 9.18 Å². The van der Waals surface area contributed by atoms with Crippen LogP contribution in [0.3, 0.4) is 0 Å². The van der Waals surface area contributed by atoms with Crippen LogP contribution in [0.1, 0.15) is 85.0 Å². The van der Waals surface area contributed by atoms with Crippen molar-refractivity contribution >= 4 is 20.0 Å². The fraction of sp³-hybridized carbons (Fsp3) is 0.730. The van der Waals surface area contributed by atoms with Gasteiger partial charge in [0.05, 0.1) is 5.56 Å². The lowest BCUT2D eigenvalue weighted by Crippen LogP contribution is -2.62. The quantitative estimate of drug-likeness (QED) is 0.173. The van der Waals surface area contributed by atoms with Crippen molar-refractivity contribution in [3.05, 3.63) is 35.9 Å². The van der Waals surface area contributed by atoms with Crippen LogP contribution < -0.4 is 9.64 Å². The molecule has 2 aliphatic rings. The number of likely N-dealkylation sites (tertiary alicyclic amines) is 1. The van der Waals surface area contributed by atoms with Crippen LogP contribution in [0.2, 0.25) is 18.1 Å². The average molecular weight is 700 g/mol. The second-order valence-electron chi connectivity index (χ2n) is 16.5. The molecular formula is C37H62FN7O3Si. The van der Waals surface area contributed by atoms with Gasteiger partial charge in [-0.1, -0.05) is 34.6 Å². The Morgan fingerprint density at radius 2 is 1.84 bits per heavy atom. The van der Waals surface area contributed by atoms with E-state index in [0.717, 1.165) is 52.3 Å². The Labute approximate surface area is 295 Å². The predicted molar refractivity (Wildman–Crippen MR) is 197 cm³/mol. The molecule has 1 atom stereocenters. The summed E-state index contributed by atoms with van der Waals surface area (Å²) in [5.41, 5.74) is 0.355. The molecule has 2 fully saturated rings. The number of hydrogen-bond acceptors (Lipinski definition) is 9. The number of benzene rings is 1. The van der Waals surface area contributed by atoms with Gasteiger partial charge in [-0.15, -0.1) is 10.2 Å². The number of halogens is 1. The number of amides is 1. The van der Waals surface area contributed by atoms with Crippen molar-refractivity contribution in [3.63, 3.8) is 0 Å². The third-order valence-electron chi connectivity index (χ3n) is 11.0. The molecule has 1 aromatic carbocycles. The van der Waals surface area contributed by atoms with E-state index in [1.807, 2.05) is 20.8 Å². The van der Waals surface area contributed by atoms with Crippen molar-refractivity contribution in [1.82, 2.24) is 29.9 Å². The molecule has 2 saturated heterocycles. The number of nitrogens with zero attached hydrogens (tertiary/aromatic N) is 7. The molecule has 1 unspecified atom stereocenters. The maximum atomic E-state index is 14.3. The van der Waals surface area contributed by atoms with Gasteiger partial charge >= 0.3 is 0 Å². The summed E-state index contributed by atoms with van der Waals surface area (Å²) in [4.78, 5) is 27.0. The van der Waals surface area contributed by atoms with Gasteiger partial charge in [0.25, 0.3) is 11.8 Å². The summed E-state index contributed by atoms with van der Waals surface area (Å²) >= 11 is 0. The second-order valence-corrected chi connectivity index (χ2v) is 21.3. The summed E-state index contributed by atoms with van der Waals surface area (Å²) in [6.07, 6.45) is 4.85.